The van der Waals surface area contributed by atoms with E-state index in [2.05, 4.69) is 21.5 Å². The number of hydrogen-bond acceptors (Lipinski definition) is 4. The average molecular weight is 281 g/mol. The minimum absolute atomic E-state index is 0.0809. The first-order valence-corrected chi connectivity index (χ1v) is 6.58. The SMILES string of the molecule is NC(=O)Cn1cc(NCc2cncc3ccccc23)cn1. The number of nitrogens with two attached hydrogens (primary N) is 1. The van der Waals surface area contributed by atoms with Gasteiger partial charge in [0.05, 0.1) is 11.9 Å². The molecule has 0 bridgehead atoms. The van der Waals surface area contributed by atoms with E-state index < -0.39 is 5.91 Å². The molecule has 3 aromatic rings. The highest BCUT2D eigenvalue weighted by molar-refractivity contribution is 5.84. The lowest BCUT2D eigenvalue weighted by Gasteiger charge is -2.07. The van der Waals surface area contributed by atoms with Crippen LogP contribution in [0.15, 0.2) is 49.1 Å². The zero-order chi connectivity index (χ0) is 14.7. The maximum absolute atomic E-state index is 10.8. The first-order valence-electron chi connectivity index (χ1n) is 6.58. The molecule has 21 heavy (non-hydrogen) atoms. The second-order valence-corrected chi connectivity index (χ2v) is 4.77. The molecule has 0 aliphatic carbocycles. The summed E-state index contributed by atoms with van der Waals surface area (Å²) >= 11 is 0. The van der Waals surface area contributed by atoms with Gasteiger partial charge in [-0.3, -0.25) is 14.5 Å². The predicted octanol–water partition coefficient (Wildman–Crippen LogP) is 1.53. The molecule has 1 amide bonds. The molecular formula is C15H15N5O. The van der Waals surface area contributed by atoms with Gasteiger partial charge in [0.2, 0.25) is 5.91 Å². The van der Waals surface area contributed by atoms with E-state index in [9.17, 15) is 4.79 Å². The van der Waals surface area contributed by atoms with E-state index in [4.69, 9.17) is 5.73 Å². The fourth-order valence-electron chi connectivity index (χ4n) is 2.22. The average Bonchev–Trinajstić information content (AvgIpc) is 2.92. The van der Waals surface area contributed by atoms with Crippen LogP contribution in [0.25, 0.3) is 10.8 Å². The molecule has 0 unspecified atom stereocenters. The lowest BCUT2D eigenvalue weighted by Crippen LogP contribution is -2.18. The summed E-state index contributed by atoms with van der Waals surface area (Å²) in [4.78, 5) is 15.1. The van der Waals surface area contributed by atoms with Gasteiger partial charge in [-0.05, 0) is 10.9 Å². The summed E-state index contributed by atoms with van der Waals surface area (Å²) in [5.41, 5.74) is 7.08. The maximum Gasteiger partial charge on any atom is 0.239 e. The number of anilines is 1. The number of carbonyl (C=O) groups is 1. The van der Waals surface area contributed by atoms with Crippen LogP contribution in [0.1, 0.15) is 5.56 Å². The van der Waals surface area contributed by atoms with Crippen LogP contribution in [0.2, 0.25) is 0 Å². The Hall–Kier alpha value is -2.89. The highest BCUT2D eigenvalue weighted by atomic mass is 16.1. The Labute approximate surface area is 121 Å². The van der Waals surface area contributed by atoms with Crippen molar-refractivity contribution in [1.29, 1.82) is 0 Å². The Morgan fingerprint density at radius 2 is 2.10 bits per heavy atom. The summed E-state index contributed by atoms with van der Waals surface area (Å²) in [6.45, 7) is 0.716. The summed E-state index contributed by atoms with van der Waals surface area (Å²) < 4.78 is 1.51. The van der Waals surface area contributed by atoms with Crippen molar-refractivity contribution >= 4 is 22.4 Å². The Morgan fingerprint density at radius 1 is 1.24 bits per heavy atom. The molecule has 6 nitrogen and oxygen atoms in total. The van der Waals surface area contributed by atoms with Crippen LogP contribution < -0.4 is 11.1 Å². The molecule has 3 N–H and O–H groups in total. The molecule has 0 aliphatic heterocycles. The molecule has 0 saturated carbocycles. The van der Waals surface area contributed by atoms with Crippen molar-refractivity contribution < 1.29 is 4.79 Å². The molecule has 0 saturated heterocycles. The fraction of sp³-hybridized carbons (Fsp3) is 0.133. The van der Waals surface area contributed by atoms with Gasteiger partial charge in [-0.25, -0.2) is 0 Å². The molecule has 0 atom stereocenters. The van der Waals surface area contributed by atoms with Crippen LogP contribution in [0, 0.1) is 0 Å². The number of nitrogens with one attached hydrogen (secondary N) is 1. The van der Waals surface area contributed by atoms with Crippen molar-refractivity contribution in [3.63, 3.8) is 0 Å². The summed E-state index contributed by atoms with van der Waals surface area (Å²) in [6.07, 6.45) is 7.12. The molecule has 3 rings (SSSR count). The van der Waals surface area contributed by atoms with Gasteiger partial charge in [0.25, 0.3) is 0 Å². The van der Waals surface area contributed by atoms with E-state index in [1.54, 1.807) is 12.4 Å². The van der Waals surface area contributed by atoms with Gasteiger partial charge >= 0.3 is 0 Å². The number of nitrogens with zero attached hydrogens (tertiary/aromatic N) is 3. The maximum atomic E-state index is 10.8. The van der Waals surface area contributed by atoms with E-state index in [0.717, 1.165) is 16.6 Å². The summed E-state index contributed by atoms with van der Waals surface area (Å²) in [5.74, 6) is -0.414. The van der Waals surface area contributed by atoms with Crippen molar-refractivity contribution in [2.24, 2.45) is 5.73 Å². The first-order chi connectivity index (χ1) is 10.2. The Morgan fingerprint density at radius 3 is 2.95 bits per heavy atom. The van der Waals surface area contributed by atoms with Crippen LogP contribution >= 0.6 is 0 Å². The Kier molecular flexibility index (Phi) is 3.51. The quantitative estimate of drug-likeness (QED) is 0.742. The van der Waals surface area contributed by atoms with Gasteiger partial charge in [0.1, 0.15) is 6.54 Å². The zero-order valence-electron chi connectivity index (χ0n) is 11.4. The van der Waals surface area contributed by atoms with Crippen molar-refractivity contribution in [2.75, 3.05) is 5.32 Å². The van der Waals surface area contributed by atoms with Crippen molar-refractivity contribution in [2.45, 2.75) is 13.1 Å². The summed E-state index contributed by atoms with van der Waals surface area (Å²) in [6, 6.07) is 8.12. The highest BCUT2D eigenvalue weighted by Gasteiger charge is 2.03. The van der Waals surface area contributed by atoms with Crippen LogP contribution in [-0.2, 0) is 17.9 Å². The van der Waals surface area contributed by atoms with Gasteiger partial charge in [-0.15, -0.1) is 0 Å². The number of hydrogen-bond donors (Lipinski definition) is 2. The number of benzene rings is 1. The fourth-order valence-corrected chi connectivity index (χ4v) is 2.22. The lowest BCUT2D eigenvalue weighted by atomic mass is 10.1. The number of amides is 1. The molecule has 0 spiro atoms. The number of carbonyl (C=O) groups excluding carboxylic acids is 1. The minimum Gasteiger partial charge on any atom is -0.378 e. The number of pyridine rings is 1. The van der Waals surface area contributed by atoms with E-state index in [1.807, 2.05) is 30.6 Å². The second-order valence-electron chi connectivity index (χ2n) is 4.77. The smallest absolute Gasteiger partial charge is 0.239 e. The minimum atomic E-state index is -0.414. The second kappa shape index (κ2) is 5.62. The third-order valence-electron chi connectivity index (χ3n) is 3.18. The molecule has 2 heterocycles. The Balaban J connectivity index is 1.74. The standard InChI is InChI=1S/C15H15N5O/c16-15(21)10-20-9-13(8-19-20)18-7-12-6-17-5-11-3-1-2-4-14(11)12/h1-6,8-9,18H,7,10H2,(H2,16,21). The molecule has 6 heteroatoms. The molecule has 0 radical (unpaired) electrons. The number of primary amides is 1. The van der Waals surface area contributed by atoms with Crippen LogP contribution in [0.5, 0.6) is 0 Å². The van der Waals surface area contributed by atoms with E-state index in [1.165, 1.54) is 10.1 Å². The van der Waals surface area contributed by atoms with Crippen molar-refractivity contribution in [1.82, 2.24) is 14.8 Å². The van der Waals surface area contributed by atoms with Crippen LogP contribution in [-0.4, -0.2) is 20.7 Å². The predicted molar refractivity (Wildman–Crippen MR) is 80.5 cm³/mol. The van der Waals surface area contributed by atoms with Gasteiger partial charge < -0.3 is 11.1 Å². The van der Waals surface area contributed by atoms with Crippen LogP contribution in [0.4, 0.5) is 5.69 Å². The van der Waals surface area contributed by atoms with Gasteiger partial charge in [0.15, 0.2) is 0 Å². The lowest BCUT2D eigenvalue weighted by molar-refractivity contribution is -0.118. The molecule has 0 fully saturated rings. The van der Waals surface area contributed by atoms with Gasteiger partial charge in [-0.1, -0.05) is 24.3 Å². The number of rotatable bonds is 5. The van der Waals surface area contributed by atoms with Crippen molar-refractivity contribution in [3.8, 4) is 0 Å². The zero-order valence-corrected chi connectivity index (χ0v) is 11.4. The van der Waals surface area contributed by atoms with Gasteiger partial charge in [0, 0.05) is 30.5 Å². The Bertz CT molecular complexity index is 775. The third-order valence-corrected chi connectivity index (χ3v) is 3.18. The van der Waals surface area contributed by atoms with Crippen molar-refractivity contribution in [3.05, 3.63) is 54.6 Å². The highest BCUT2D eigenvalue weighted by Crippen LogP contribution is 2.18. The number of fused-ring (bicyclic) bond motifs is 1. The molecule has 1 aromatic carbocycles. The van der Waals surface area contributed by atoms with E-state index >= 15 is 0 Å². The summed E-state index contributed by atoms with van der Waals surface area (Å²) in [5, 5.41) is 9.62. The molecule has 0 aliphatic rings. The summed E-state index contributed by atoms with van der Waals surface area (Å²) in [7, 11) is 0. The largest absolute Gasteiger partial charge is 0.378 e. The molecule has 2 aromatic heterocycles. The molecule has 106 valence electrons. The topological polar surface area (TPSA) is 85.8 Å². The van der Waals surface area contributed by atoms with E-state index in [-0.39, 0.29) is 6.54 Å². The monoisotopic (exact) mass is 281 g/mol. The first kappa shape index (κ1) is 13.1. The normalized spacial score (nSPS) is 10.7. The molecular weight excluding hydrogens is 266 g/mol. The van der Waals surface area contributed by atoms with Crippen LogP contribution in [0.3, 0.4) is 0 Å². The third kappa shape index (κ3) is 3.00. The van der Waals surface area contributed by atoms with Gasteiger partial charge in [-0.2, -0.15) is 5.10 Å². The number of aromatic nitrogens is 3. The van der Waals surface area contributed by atoms with E-state index in [0.29, 0.717) is 6.54 Å².